The number of hydrogen-bond donors (Lipinski definition) is 1. The molecule has 1 N–H and O–H groups in total. The van der Waals surface area contributed by atoms with Gasteiger partial charge in [-0.15, -0.1) is 0 Å². The van der Waals surface area contributed by atoms with Crippen LogP contribution in [-0.4, -0.2) is 53.2 Å². The molecule has 0 radical (unpaired) electrons. The molecule has 2 atom stereocenters. The van der Waals surface area contributed by atoms with E-state index < -0.39 is 36.2 Å². The molecule has 1 saturated heterocycles. The van der Waals surface area contributed by atoms with Crippen LogP contribution in [0.4, 0.5) is 29.1 Å². The van der Waals surface area contributed by atoms with Crippen LogP contribution in [0.3, 0.4) is 0 Å². The number of pyridine rings is 1. The molecule has 7 nitrogen and oxygen atoms in total. The average Bonchev–Trinajstić information content (AvgIpc) is 3.11. The Morgan fingerprint density at radius 1 is 1.18 bits per heavy atom. The Balaban J connectivity index is 1.41. The summed E-state index contributed by atoms with van der Waals surface area (Å²) < 4.78 is 60.0. The van der Waals surface area contributed by atoms with Crippen LogP contribution in [0.15, 0.2) is 47.7 Å². The molecule has 182 valence electrons. The summed E-state index contributed by atoms with van der Waals surface area (Å²) in [5.41, 5.74) is -0.639. The van der Waals surface area contributed by atoms with Gasteiger partial charge in [0, 0.05) is 38.0 Å². The molecule has 3 heterocycles. The largest absolute Gasteiger partial charge is 0.490 e. The van der Waals surface area contributed by atoms with Crippen molar-refractivity contribution in [1.29, 1.82) is 0 Å². The Morgan fingerprint density at radius 3 is 2.44 bits per heavy atom. The van der Waals surface area contributed by atoms with E-state index >= 15 is 0 Å². The zero-order valence-electron chi connectivity index (χ0n) is 18.4. The fraction of sp³-hybridized carbons (Fsp3) is 0.435. The number of benzene rings is 1. The molecule has 2 aliphatic rings. The molecule has 2 unspecified atom stereocenters. The van der Waals surface area contributed by atoms with Gasteiger partial charge in [0.05, 0.1) is 18.2 Å². The van der Waals surface area contributed by atoms with Crippen molar-refractivity contribution in [1.82, 2.24) is 4.98 Å². The Bertz CT molecular complexity index is 1050. The lowest BCUT2D eigenvalue weighted by molar-refractivity contribution is -0.137. The van der Waals surface area contributed by atoms with E-state index in [4.69, 9.17) is 4.74 Å². The number of anilines is 2. The lowest BCUT2D eigenvalue weighted by Crippen LogP contribution is -2.39. The summed E-state index contributed by atoms with van der Waals surface area (Å²) in [6.07, 6.45) is -2.36. The van der Waals surface area contributed by atoms with Gasteiger partial charge in [-0.3, -0.25) is 9.80 Å². The summed E-state index contributed by atoms with van der Waals surface area (Å²) in [5, 5.41) is 14.0. The first-order chi connectivity index (χ1) is 16.1. The Kier molecular flexibility index (Phi) is 6.63. The summed E-state index contributed by atoms with van der Waals surface area (Å²) in [4.78, 5) is 17.2. The van der Waals surface area contributed by atoms with Gasteiger partial charge in [-0.25, -0.2) is 9.37 Å². The summed E-state index contributed by atoms with van der Waals surface area (Å²) in [6, 6.07) is 8.36. The molecule has 1 aromatic heterocycles. The maximum atomic E-state index is 14.0. The highest BCUT2D eigenvalue weighted by Crippen LogP contribution is 2.37. The van der Waals surface area contributed by atoms with Crippen LogP contribution >= 0.6 is 0 Å². The number of aromatic nitrogens is 1. The number of halogens is 4. The van der Waals surface area contributed by atoms with E-state index in [1.54, 1.807) is 36.5 Å². The molecule has 0 bridgehead atoms. The number of carboxylic acids is 1. The number of rotatable bonds is 6. The summed E-state index contributed by atoms with van der Waals surface area (Å²) in [6.45, 7) is 2.49. The molecule has 2 aliphatic heterocycles. The number of hydrazone groups is 1. The van der Waals surface area contributed by atoms with Gasteiger partial charge in [0.1, 0.15) is 17.6 Å². The van der Waals surface area contributed by atoms with Gasteiger partial charge in [0.2, 0.25) is 0 Å². The molecule has 2 aromatic rings. The molecule has 0 aliphatic carbocycles. The highest BCUT2D eigenvalue weighted by atomic mass is 19.4. The molecule has 34 heavy (non-hydrogen) atoms. The van der Waals surface area contributed by atoms with Gasteiger partial charge < -0.3 is 14.7 Å². The quantitative estimate of drug-likeness (QED) is 0.614. The lowest BCUT2D eigenvalue weighted by Gasteiger charge is -2.33. The number of carboxylic acid groups (broad SMARTS) is 1. The van der Waals surface area contributed by atoms with E-state index in [0.29, 0.717) is 43.2 Å². The molecule has 0 amide bonds. The third-order valence-electron chi connectivity index (χ3n) is 6.10. The fourth-order valence-electron chi connectivity index (χ4n) is 4.35. The smallest absolute Gasteiger partial charge is 0.431 e. The predicted octanol–water partition coefficient (Wildman–Crippen LogP) is 4.49. The second-order valence-corrected chi connectivity index (χ2v) is 8.39. The number of ether oxygens (including phenoxy) is 1. The van der Waals surface area contributed by atoms with E-state index in [-0.39, 0.29) is 11.9 Å². The van der Waals surface area contributed by atoms with Crippen LogP contribution in [0, 0.1) is 11.7 Å². The molecule has 4 rings (SSSR count). The average molecular weight is 480 g/mol. The topological polar surface area (TPSA) is 78.3 Å². The zero-order valence-corrected chi connectivity index (χ0v) is 18.4. The van der Waals surface area contributed by atoms with Gasteiger partial charge >= 0.3 is 12.1 Å². The van der Waals surface area contributed by atoms with Crippen LogP contribution < -0.4 is 14.6 Å². The van der Waals surface area contributed by atoms with Crippen molar-refractivity contribution < 1.29 is 32.2 Å². The molecule has 11 heteroatoms. The first-order valence-electron chi connectivity index (χ1n) is 10.9. The van der Waals surface area contributed by atoms with Crippen molar-refractivity contribution >= 4 is 23.2 Å². The SMILES string of the molecule is CC1C(C(F)(F)F)=NN(c2ccc(OC3CCN(c4ncccc4F)CC3)cc2)C1CC(=O)O. The van der Waals surface area contributed by atoms with Crippen molar-refractivity contribution in [3.05, 3.63) is 48.4 Å². The van der Waals surface area contributed by atoms with Crippen LogP contribution in [0.5, 0.6) is 5.75 Å². The van der Waals surface area contributed by atoms with E-state index in [0.717, 1.165) is 5.01 Å². The van der Waals surface area contributed by atoms with Crippen molar-refractivity contribution in [2.24, 2.45) is 11.0 Å². The van der Waals surface area contributed by atoms with Crippen LogP contribution in [0.25, 0.3) is 0 Å². The van der Waals surface area contributed by atoms with Crippen molar-refractivity contribution in [3.8, 4) is 5.75 Å². The Hall–Kier alpha value is -3.37. The molecule has 1 fully saturated rings. The van der Waals surface area contributed by atoms with Crippen molar-refractivity contribution in [2.45, 2.75) is 44.5 Å². The second-order valence-electron chi connectivity index (χ2n) is 8.39. The predicted molar refractivity (Wildman–Crippen MR) is 118 cm³/mol. The molecule has 0 spiro atoms. The maximum Gasteiger partial charge on any atom is 0.431 e. The minimum absolute atomic E-state index is 0.102. The van der Waals surface area contributed by atoms with E-state index in [2.05, 4.69) is 10.1 Å². The summed E-state index contributed by atoms with van der Waals surface area (Å²) in [7, 11) is 0. The monoisotopic (exact) mass is 480 g/mol. The van der Waals surface area contributed by atoms with Crippen LogP contribution in [0.2, 0.25) is 0 Å². The number of piperidine rings is 1. The normalized spacial score (nSPS) is 21.5. The first kappa shape index (κ1) is 23.8. The number of alkyl halides is 3. The summed E-state index contributed by atoms with van der Waals surface area (Å²) in [5.74, 6) is -1.79. The number of carbonyl (C=O) groups is 1. The van der Waals surface area contributed by atoms with Gasteiger partial charge in [-0.2, -0.15) is 18.3 Å². The number of nitrogens with zero attached hydrogens (tertiary/aromatic N) is 4. The van der Waals surface area contributed by atoms with Gasteiger partial charge in [-0.05, 0) is 36.4 Å². The minimum Gasteiger partial charge on any atom is -0.490 e. The highest BCUT2D eigenvalue weighted by Gasteiger charge is 2.48. The van der Waals surface area contributed by atoms with E-state index in [9.17, 15) is 27.5 Å². The van der Waals surface area contributed by atoms with Crippen molar-refractivity contribution in [3.63, 3.8) is 0 Å². The Labute approximate surface area is 193 Å². The lowest BCUT2D eigenvalue weighted by atomic mass is 9.94. The first-order valence-corrected chi connectivity index (χ1v) is 10.9. The maximum absolute atomic E-state index is 14.0. The number of aliphatic carboxylic acids is 1. The van der Waals surface area contributed by atoms with Gasteiger partial charge in [-0.1, -0.05) is 6.92 Å². The van der Waals surface area contributed by atoms with E-state index in [1.807, 2.05) is 4.90 Å². The molecular formula is C23H24F4N4O3. The summed E-state index contributed by atoms with van der Waals surface area (Å²) >= 11 is 0. The van der Waals surface area contributed by atoms with Crippen molar-refractivity contribution in [2.75, 3.05) is 23.0 Å². The van der Waals surface area contributed by atoms with E-state index in [1.165, 1.54) is 13.0 Å². The molecule has 0 saturated carbocycles. The third-order valence-corrected chi connectivity index (χ3v) is 6.10. The van der Waals surface area contributed by atoms with Gasteiger partial charge in [0.25, 0.3) is 0 Å². The second kappa shape index (κ2) is 9.47. The zero-order chi connectivity index (χ0) is 24.5. The fourth-order valence-corrected chi connectivity index (χ4v) is 4.35. The Morgan fingerprint density at radius 2 is 1.85 bits per heavy atom. The standard InChI is InChI=1S/C23H24F4N4O3/c1-14-19(13-20(32)33)31(29-21(14)23(25,26)27)15-4-6-16(7-5-15)34-17-8-11-30(12-9-17)22-18(24)3-2-10-28-22/h2-7,10,14,17,19H,8-9,11-13H2,1H3,(H,32,33). The van der Waals surface area contributed by atoms with Crippen LogP contribution in [-0.2, 0) is 4.79 Å². The minimum atomic E-state index is -4.64. The third kappa shape index (κ3) is 5.07. The highest BCUT2D eigenvalue weighted by molar-refractivity contribution is 5.95. The van der Waals surface area contributed by atoms with Gasteiger partial charge in [0.15, 0.2) is 11.6 Å². The molecular weight excluding hydrogens is 456 g/mol. The van der Waals surface area contributed by atoms with Crippen LogP contribution in [0.1, 0.15) is 26.2 Å². The number of hydrogen-bond acceptors (Lipinski definition) is 6. The molecule has 1 aromatic carbocycles.